The highest BCUT2D eigenvalue weighted by Gasteiger charge is 2.46. The minimum absolute atomic E-state index is 0.315. The predicted molar refractivity (Wildman–Crippen MR) is 52.4 cm³/mol. The van der Waals surface area contributed by atoms with Crippen LogP contribution in [0.5, 0.6) is 0 Å². The summed E-state index contributed by atoms with van der Waals surface area (Å²) in [7, 11) is 0. The second kappa shape index (κ2) is 3.56. The summed E-state index contributed by atoms with van der Waals surface area (Å²) < 4.78 is 14.3. The highest BCUT2D eigenvalue weighted by molar-refractivity contribution is 4.97. The lowest BCUT2D eigenvalue weighted by atomic mass is 9.82. The Morgan fingerprint density at radius 3 is 2.46 bits per heavy atom. The van der Waals surface area contributed by atoms with E-state index in [9.17, 15) is 4.39 Å². The van der Waals surface area contributed by atoms with E-state index < -0.39 is 5.67 Å². The second-order valence-corrected chi connectivity index (χ2v) is 4.80. The molecule has 1 aliphatic carbocycles. The standard InChI is InChI=1S/C11H20FN/c1-11(12,10-4-5-10)9-3-2-7-13-8-6-9/h9-10,13H,2-8H2,1H3. The summed E-state index contributed by atoms with van der Waals surface area (Å²) in [6, 6.07) is 0. The van der Waals surface area contributed by atoms with Crippen LogP contribution >= 0.6 is 0 Å². The molecule has 2 rings (SSSR count). The third kappa shape index (κ3) is 2.04. The van der Waals surface area contributed by atoms with Crippen LogP contribution < -0.4 is 5.32 Å². The van der Waals surface area contributed by atoms with E-state index >= 15 is 0 Å². The van der Waals surface area contributed by atoms with E-state index in [1.165, 1.54) is 0 Å². The van der Waals surface area contributed by atoms with E-state index in [0.717, 1.165) is 45.2 Å². The Bertz CT molecular complexity index is 167. The van der Waals surface area contributed by atoms with Gasteiger partial charge in [-0.15, -0.1) is 0 Å². The fourth-order valence-corrected chi connectivity index (χ4v) is 2.56. The quantitative estimate of drug-likeness (QED) is 0.697. The zero-order valence-corrected chi connectivity index (χ0v) is 8.48. The minimum Gasteiger partial charge on any atom is -0.317 e. The van der Waals surface area contributed by atoms with Crippen LogP contribution in [-0.2, 0) is 0 Å². The molecule has 0 bridgehead atoms. The summed E-state index contributed by atoms with van der Waals surface area (Å²) in [5.74, 6) is 0.700. The molecule has 0 spiro atoms. The van der Waals surface area contributed by atoms with Crippen molar-refractivity contribution in [2.45, 2.75) is 44.7 Å². The van der Waals surface area contributed by atoms with Crippen molar-refractivity contribution < 1.29 is 4.39 Å². The van der Waals surface area contributed by atoms with Gasteiger partial charge in [0.1, 0.15) is 5.67 Å². The van der Waals surface area contributed by atoms with Gasteiger partial charge in [-0.05, 0) is 64.0 Å². The fourth-order valence-electron chi connectivity index (χ4n) is 2.56. The first-order valence-electron chi connectivity index (χ1n) is 5.61. The topological polar surface area (TPSA) is 12.0 Å². The van der Waals surface area contributed by atoms with Crippen LogP contribution in [0.3, 0.4) is 0 Å². The van der Waals surface area contributed by atoms with Gasteiger partial charge in [0.15, 0.2) is 0 Å². The average Bonchev–Trinajstić information content (AvgIpc) is 2.93. The molecule has 13 heavy (non-hydrogen) atoms. The summed E-state index contributed by atoms with van der Waals surface area (Å²) >= 11 is 0. The Morgan fingerprint density at radius 2 is 1.77 bits per heavy atom. The van der Waals surface area contributed by atoms with Gasteiger partial charge in [-0.25, -0.2) is 4.39 Å². The van der Waals surface area contributed by atoms with Crippen molar-refractivity contribution in [1.29, 1.82) is 0 Å². The maximum atomic E-state index is 14.3. The first-order chi connectivity index (χ1) is 6.21. The molecule has 1 aliphatic heterocycles. The van der Waals surface area contributed by atoms with Gasteiger partial charge in [0.25, 0.3) is 0 Å². The Hall–Kier alpha value is -0.110. The molecule has 2 atom stereocenters. The highest BCUT2D eigenvalue weighted by atomic mass is 19.1. The van der Waals surface area contributed by atoms with Crippen LogP contribution in [0.1, 0.15) is 39.0 Å². The molecule has 2 fully saturated rings. The second-order valence-electron chi connectivity index (χ2n) is 4.80. The van der Waals surface area contributed by atoms with Crippen molar-refractivity contribution >= 4 is 0 Å². The molecule has 2 heteroatoms. The number of hydrogen-bond acceptors (Lipinski definition) is 1. The van der Waals surface area contributed by atoms with E-state index in [-0.39, 0.29) is 0 Å². The zero-order valence-electron chi connectivity index (χ0n) is 8.48. The largest absolute Gasteiger partial charge is 0.317 e. The van der Waals surface area contributed by atoms with Gasteiger partial charge < -0.3 is 5.32 Å². The molecule has 0 aromatic rings. The van der Waals surface area contributed by atoms with Crippen LogP contribution in [0.2, 0.25) is 0 Å². The molecular formula is C11H20FN. The van der Waals surface area contributed by atoms with Gasteiger partial charge in [0, 0.05) is 0 Å². The van der Waals surface area contributed by atoms with Crippen LogP contribution in [0.25, 0.3) is 0 Å². The molecule has 2 unspecified atom stereocenters. The van der Waals surface area contributed by atoms with Gasteiger partial charge in [-0.2, -0.15) is 0 Å². The van der Waals surface area contributed by atoms with E-state index in [1.807, 2.05) is 6.92 Å². The van der Waals surface area contributed by atoms with Gasteiger partial charge in [0.2, 0.25) is 0 Å². The molecule has 1 saturated heterocycles. The van der Waals surface area contributed by atoms with Gasteiger partial charge >= 0.3 is 0 Å². The summed E-state index contributed by atoms with van der Waals surface area (Å²) in [5.41, 5.74) is -0.869. The lowest BCUT2D eigenvalue weighted by molar-refractivity contribution is 0.0678. The maximum Gasteiger partial charge on any atom is 0.113 e. The van der Waals surface area contributed by atoms with Crippen molar-refractivity contribution in [3.63, 3.8) is 0 Å². The molecule has 1 nitrogen and oxygen atoms in total. The van der Waals surface area contributed by atoms with Crippen molar-refractivity contribution in [1.82, 2.24) is 5.32 Å². The number of halogens is 1. The molecule has 76 valence electrons. The van der Waals surface area contributed by atoms with E-state index in [2.05, 4.69) is 5.32 Å². The summed E-state index contributed by atoms with van der Waals surface area (Å²) in [6.45, 7) is 3.93. The molecular weight excluding hydrogens is 165 g/mol. The molecule has 0 amide bonds. The maximum absolute atomic E-state index is 14.3. The smallest absolute Gasteiger partial charge is 0.113 e. The fraction of sp³-hybridized carbons (Fsp3) is 1.00. The molecule has 2 aliphatic rings. The average molecular weight is 185 g/mol. The minimum atomic E-state index is -0.869. The number of hydrogen-bond donors (Lipinski definition) is 1. The lowest BCUT2D eigenvalue weighted by Crippen LogP contribution is -2.32. The van der Waals surface area contributed by atoms with Gasteiger partial charge in [0.05, 0.1) is 0 Å². The number of rotatable bonds is 2. The third-order valence-electron chi connectivity index (χ3n) is 3.75. The molecule has 1 saturated carbocycles. The highest BCUT2D eigenvalue weighted by Crippen LogP contribution is 2.48. The van der Waals surface area contributed by atoms with E-state index in [1.54, 1.807) is 0 Å². The van der Waals surface area contributed by atoms with Crippen molar-refractivity contribution in [3.8, 4) is 0 Å². The van der Waals surface area contributed by atoms with Gasteiger partial charge in [-0.1, -0.05) is 0 Å². The lowest BCUT2D eigenvalue weighted by Gasteiger charge is -2.29. The molecule has 1 N–H and O–H groups in total. The Balaban J connectivity index is 1.95. The van der Waals surface area contributed by atoms with Crippen LogP contribution in [0, 0.1) is 11.8 Å². The van der Waals surface area contributed by atoms with Crippen molar-refractivity contribution in [3.05, 3.63) is 0 Å². The summed E-state index contributed by atoms with van der Waals surface area (Å²) in [6.07, 6.45) is 5.50. The van der Waals surface area contributed by atoms with Crippen molar-refractivity contribution in [2.24, 2.45) is 11.8 Å². The van der Waals surface area contributed by atoms with E-state index in [0.29, 0.717) is 11.8 Å². The van der Waals surface area contributed by atoms with Crippen LogP contribution in [0.15, 0.2) is 0 Å². The van der Waals surface area contributed by atoms with E-state index in [4.69, 9.17) is 0 Å². The normalized spacial score (nSPS) is 35.1. The predicted octanol–water partition coefficient (Wildman–Crippen LogP) is 2.51. The third-order valence-corrected chi connectivity index (χ3v) is 3.75. The summed E-state index contributed by atoms with van der Waals surface area (Å²) in [4.78, 5) is 0. The summed E-state index contributed by atoms with van der Waals surface area (Å²) in [5, 5.41) is 3.34. The van der Waals surface area contributed by atoms with Gasteiger partial charge in [-0.3, -0.25) is 0 Å². The van der Waals surface area contributed by atoms with Crippen molar-refractivity contribution in [2.75, 3.05) is 13.1 Å². The number of nitrogens with one attached hydrogen (secondary N) is 1. The molecule has 0 aromatic carbocycles. The molecule has 0 radical (unpaired) electrons. The Kier molecular flexibility index (Phi) is 2.59. The molecule has 0 aromatic heterocycles. The Morgan fingerprint density at radius 1 is 1.08 bits per heavy atom. The first kappa shape index (κ1) is 9.45. The van der Waals surface area contributed by atoms with Crippen LogP contribution in [-0.4, -0.2) is 18.8 Å². The zero-order chi connectivity index (χ0) is 9.31. The SMILES string of the molecule is CC(F)(C1CCCNCC1)C1CC1. The monoisotopic (exact) mass is 185 g/mol. The van der Waals surface area contributed by atoms with Crippen LogP contribution in [0.4, 0.5) is 4.39 Å². The molecule has 1 heterocycles. The first-order valence-corrected chi connectivity index (χ1v) is 5.61. The Labute approximate surface area is 80.1 Å². The number of alkyl halides is 1.